The fourth-order valence-electron chi connectivity index (χ4n) is 4.48. The van der Waals surface area contributed by atoms with E-state index >= 15 is 0 Å². The zero-order valence-corrected chi connectivity index (χ0v) is 16.5. The van der Waals surface area contributed by atoms with Gasteiger partial charge >= 0.3 is 0 Å². The van der Waals surface area contributed by atoms with Crippen molar-refractivity contribution in [1.29, 1.82) is 0 Å². The summed E-state index contributed by atoms with van der Waals surface area (Å²) in [7, 11) is 0. The summed E-state index contributed by atoms with van der Waals surface area (Å²) >= 11 is 0. The van der Waals surface area contributed by atoms with Gasteiger partial charge in [0.05, 0.1) is 6.42 Å². The highest BCUT2D eigenvalue weighted by molar-refractivity contribution is 5.79. The van der Waals surface area contributed by atoms with Crippen molar-refractivity contribution >= 4 is 11.8 Å². The molecule has 2 aliphatic rings. The van der Waals surface area contributed by atoms with Crippen LogP contribution in [-0.4, -0.2) is 46.2 Å². The Morgan fingerprint density at radius 2 is 1.69 bits per heavy atom. The predicted molar refractivity (Wildman–Crippen MR) is 107 cm³/mol. The number of amides is 2. The van der Waals surface area contributed by atoms with Crippen molar-refractivity contribution in [2.24, 2.45) is 5.41 Å². The molecule has 5 nitrogen and oxygen atoms in total. The molecule has 2 amide bonds. The monoisotopic (exact) mass is 395 g/mol. The van der Waals surface area contributed by atoms with Crippen molar-refractivity contribution in [1.82, 2.24) is 14.8 Å². The zero-order chi connectivity index (χ0) is 20.3. The molecule has 0 atom stereocenters. The van der Waals surface area contributed by atoms with Crippen LogP contribution in [0.25, 0.3) is 0 Å². The molecule has 29 heavy (non-hydrogen) atoms. The maximum Gasteiger partial charge on any atom is 0.226 e. The molecule has 0 unspecified atom stereocenters. The molecule has 3 heterocycles. The summed E-state index contributed by atoms with van der Waals surface area (Å²) in [6.07, 6.45) is 7.13. The van der Waals surface area contributed by atoms with Gasteiger partial charge in [0.25, 0.3) is 0 Å². The van der Waals surface area contributed by atoms with Gasteiger partial charge in [0.15, 0.2) is 0 Å². The molecule has 0 aliphatic carbocycles. The second kappa shape index (κ2) is 8.31. The lowest BCUT2D eigenvalue weighted by Crippen LogP contribution is -2.52. The molecule has 2 saturated heterocycles. The van der Waals surface area contributed by atoms with Crippen molar-refractivity contribution in [2.75, 3.05) is 19.6 Å². The van der Waals surface area contributed by atoms with Crippen molar-refractivity contribution < 1.29 is 14.0 Å². The third-order valence-corrected chi connectivity index (χ3v) is 6.32. The third kappa shape index (κ3) is 4.63. The topological polar surface area (TPSA) is 53.5 Å². The van der Waals surface area contributed by atoms with Crippen molar-refractivity contribution in [3.63, 3.8) is 0 Å². The molecular formula is C23H26FN3O2. The average Bonchev–Trinajstić information content (AvgIpc) is 2.74. The van der Waals surface area contributed by atoms with E-state index < -0.39 is 0 Å². The molecule has 4 rings (SSSR count). The SMILES string of the molecule is O=C(Cc1ccc(F)cc1)N1CCC2(CCC(=O)N(Cc3ccncc3)C2)CC1. The van der Waals surface area contributed by atoms with Crippen LogP contribution in [0.5, 0.6) is 0 Å². The first-order valence-electron chi connectivity index (χ1n) is 10.2. The molecule has 6 heteroatoms. The summed E-state index contributed by atoms with van der Waals surface area (Å²) in [6, 6.07) is 10.0. The number of halogens is 1. The number of aromatic nitrogens is 1. The largest absolute Gasteiger partial charge is 0.342 e. The molecular weight excluding hydrogens is 369 g/mol. The molecule has 2 fully saturated rings. The number of carbonyl (C=O) groups excluding carboxylic acids is 2. The second-order valence-electron chi connectivity index (χ2n) is 8.29. The van der Waals surface area contributed by atoms with Crippen molar-refractivity contribution in [3.8, 4) is 0 Å². The Morgan fingerprint density at radius 3 is 2.38 bits per heavy atom. The van der Waals surface area contributed by atoms with Crippen LogP contribution < -0.4 is 0 Å². The highest BCUT2D eigenvalue weighted by Crippen LogP contribution is 2.40. The number of hydrogen-bond donors (Lipinski definition) is 0. The Bertz CT molecular complexity index is 861. The van der Waals surface area contributed by atoms with E-state index in [1.807, 2.05) is 21.9 Å². The minimum atomic E-state index is -0.288. The van der Waals surface area contributed by atoms with Crippen molar-refractivity contribution in [2.45, 2.75) is 38.6 Å². The molecule has 0 N–H and O–H groups in total. The summed E-state index contributed by atoms with van der Waals surface area (Å²) in [6.45, 7) is 2.82. The summed E-state index contributed by atoms with van der Waals surface area (Å²) in [5.74, 6) is 0.0125. The molecule has 152 valence electrons. The Kier molecular flexibility index (Phi) is 5.60. The molecule has 0 saturated carbocycles. The van der Waals surface area contributed by atoms with Gasteiger partial charge in [0.1, 0.15) is 5.82 Å². The van der Waals surface area contributed by atoms with Gasteiger partial charge in [-0.15, -0.1) is 0 Å². The van der Waals surface area contributed by atoms with Gasteiger partial charge in [-0.05, 0) is 60.1 Å². The predicted octanol–water partition coefficient (Wildman–Crippen LogP) is 3.19. The number of pyridine rings is 1. The van der Waals surface area contributed by atoms with E-state index in [0.717, 1.165) is 50.0 Å². The van der Waals surface area contributed by atoms with E-state index in [9.17, 15) is 14.0 Å². The maximum atomic E-state index is 13.1. The van der Waals surface area contributed by atoms with E-state index in [0.29, 0.717) is 19.4 Å². The van der Waals surface area contributed by atoms with Gasteiger partial charge in [0.2, 0.25) is 11.8 Å². The van der Waals surface area contributed by atoms with Crippen LogP contribution in [0.3, 0.4) is 0 Å². The minimum Gasteiger partial charge on any atom is -0.342 e. The molecule has 1 spiro atoms. The Morgan fingerprint density at radius 1 is 1.00 bits per heavy atom. The average molecular weight is 395 g/mol. The molecule has 1 aromatic carbocycles. The first kappa shape index (κ1) is 19.6. The van der Waals surface area contributed by atoms with E-state index in [-0.39, 0.29) is 23.0 Å². The fraction of sp³-hybridized carbons (Fsp3) is 0.435. The highest BCUT2D eigenvalue weighted by atomic mass is 19.1. The van der Waals surface area contributed by atoms with E-state index in [2.05, 4.69) is 4.98 Å². The van der Waals surface area contributed by atoms with E-state index in [4.69, 9.17) is 0 Å². The quantitative estimate of drug-likeness (QED) is 0.799. The highest BCUT2D eigenvalue weighted by Gasteiger charge is 2.41. The number of hydrogen-bond acceptors (Lipinski definition) is 3. The van der Waals surface area contributed by atoms with Crippen LogP contribution >= 0.6 is 0 Å². The molecule has 0 radical (unpaired) electrons. The number of likely N-dealkylation sites (tertiary alicyclic amines) is 2. The van der Waals surface area contributed by atoms with Crippen LogP contribution in [0, 0.1) is 11.2 Å². The van der Waals surface area contributed by atoms with Crippen LogP contribution in [-0.2, 0) is 22.6 Å². The number of rotatable bonds is 4. The number of carbonyl (C=O) groups is 2. The standard InChI is InChI=1S/C23H26FN3O2/c24-20-3-1-18(2-4-20)15-22(29)26-13-9-23(10-14-26)8-5-21(28)27(17-23)16-19-6-11-25-12-7-19/h1-4,6-7,11-12H,5,8-10,13-17H2. The first-order chi connectivity index (χ1) is 14.0. The normalized spacial score (nSPS) is 18.9. The summed E-state index contributed by atoms with van der Waals surface area (Å²) in [5.41, 5.74) is 2.04. The Labute approximate surface area is 170 Å². The third-order valence-electron chi connectivity index (χ3n) is 6.32. The van der Waals surface area contributed by atoms with Crippen molar-refractivity contribution in [3.05, 3.63) is 65.7 Å². The van der Waals surface area contributed by atoms with Gasteiger partial charge in [-0.2, -0.15) is 0 Å². The molecule has 2 aliphatic heterocycles. The summed E-state index contributed by atoms with van der Waals surface area (Å²) < 4.78 is 13.1. The summed E-state index contributed by atoms with van der Waals surface area (Å²) in [5, 5.41) is 0. The minimum absolute atomic E-state index is 0.0898. The Hall–Kier alpha value is -2.76. The summed E-state index contributed by atoms with van der Waals surface area (Å²) in [4.78, 5) is 33.0. The van der Waals surface area contributed by atoms with E-state index in [1.165, 1.54) is 12.1 Å². The van der Waals surface area contributed by atoms with E-state index in [1.54, 1.807) is 24.5 Å². The molecule has 1 aromatic heterocycles. The fourth-order valence-corrected chi connectivity index (χ4v) is 4.48. The van der Waals surface area contributed by atoms with Crippen LogP contribution in [0.4, 0.5) is 4.39 Å². The number of nitrogens with zero attached hydrogens (tertiary/aromatic N) is 3. The van der Waals surface area contributed by atoms with Crippen LogP contribution in [0.15, 0.2) is 48.8 Å². The van der Waals surface area contributed by atoms with Gasteiger partial charge in [0, 0.05) is 45.0 Å². The van der Waals surface area contributed by atoms with Gasteiger partial charge in [-0.25, -0.2) is 4.39 Å². The first-order valence-corrected chi connectivity index (χ1v) is 10.2. The lowest BCUT2D eigenvalue weighted by Gasteiger charge is -2.47. The second-order valence-corrected chi connectivity index (χ2v) is 8.29. The van der Waals surface area contributed by atoms with Gasteiger partial charge in [-0.3, -0.25) is 14.6 Å². The van der Waals surface area contributed by atoms with Crippen LogP contribution in [0.2, 0.25) is 0 Å². The van der Waals surface area contributed by atoms with Gasteiger partial charge in [-0.1, -0.05) is 12.1 Å². The lowest BCUT2D eigenvalue weighted by molar-refractivity contribution is -0.142. The van der Waals surface area contributed by atoms with Crippen LogP contribution in [0.1, 0.15) is 36.8 Å². The maximum absolute atomic E-state index is 13.1. The molecule has 2 aromatic rings. The number of benzene rings is 1. The number of piperidine rings is 2. The molecule has 0 bridgehead atoms. The smallest absolute Gasteiger partial charge is 0.226 e. The zero-order valence-electron chi connectivity index (χ0n) is 16.5. The lowest BCUT2D eigenvalue weighted by atomic mass is 9.72. The Balaban J connectivity index is 1.34. The van der Waals surface area contributed by atoms with Gasteiger partial charge < -0.3 is 9.80 Å².